The zero-order valence-corrected chi connectivity index (χ0v) is 10.3. The summed E-state index contributed by atoms with van der Waals surface area (Å²) in [5.74, 6) is 0.685. The van der Waals surface area contributed by atoms with Gasteiger partial charge in [0, 0.05) is 13.0 Å². The number of hydrogen-bond donors (Lipinski definition) is 1. The van der Waals surface area contributed by atoms with E-state index in [0.717, 1.165) is 0 Å². The highest BCUT2D eigenvalue weighted by molar-refractivity contribution is 5.01. The van der Waals surface area contributed by atoms with E-state index in [1.165, 1.54) is 0 Å². The van der Waals surface area contributed by atoms with Gasteiger partial charge >= 0.3 is 6.18 Å². The van der Waals surface area contributed by atoms with Gasteiger partial charge in [-0.25, -0.2) is 0 Å². The van der Waals surface area contributed by atoms with E-state index in [4.69, 9.17) is 10.3 Å². The van der Waals surface area contributed by atoms with E-state index in [9.17, 15) is 13.2 Å². The number of alkyl halides is 3. The van der Waals surface area contributed by atoms with Gasteiger partial charge in [0.1, 0.15) is 6.61 Å². The zero-order chi connectivity index (χ0) is 13.8. The summed E-state index contributed by atoms with van der Waals surface area (Å²) in [6.07, 6.45) is -4.15. The Morgan fingerprint density at radius 1 is 1.33 bits per heavy atom. The third-order valence-corrected chi connectivity index (χ3v) is 2.29. The van der Waals surface area contributed by atoms with Crippen molar-refractivity contribution in [3.63, 3.8) is 0 Å². The van der Waals surface area contributed by atoms with Gasteiger partial charge in [-0.15, -0.1) is 0 Å². The van der Waals surface area contributed by atoms with Gasteiger partial charge in [0.05, 0.1) is 12.0 Å². The second-order valence-electron chi connectivity index (χ2n) is 4.52. The van der Waals surface area contributed by atoms with E-state index in [2.05, 4.69) is 14.9 Å². The molecular formula is C10H16F3N3O2. The fourth-order valence-corrected chi connectivity index (χ4v) is 1.07. The van der Waals surface area contributed by atoms with E-state index in [1.807, 2.05) is 13.8 Å². The largest absolute Gasteiger partial charge is 0.411 e. The molecule has 1 aromatic rings. The van der Waals surface area contributed by atoms with E-state index in [0.29, 0.717) is 18.3 Å². The molecule has 0 radical (unpaired) electrons. The van der Waals surface area contributed by atoms with Crippen LogP contribution in [0.1, 0.15) is 25.6 Å². The highest BCUT2D eigenvalue weighted by Crippen LogP contribution is 2.19. The van der Waals surface area contributed by atoms with Crippen molar-refractivity contribution < 1.29 is 22.4 Å². The summed E-state index contributed by atoms with van der Waals surface area (Å²) in [7, 11) is 0. The third-order valence-electron chi connectivity index (χ3n) is 2.29. The average molecular weight is 267 g/mol. The van der Waals surface area contributed by atoms with Crippen molar-refractivity contribution in [2.75, 3.05) is 19.8 Å². The summed E-state index contributed by atoms with van der Waals surface area (Å²) in [6, 6.07) is 0. The first-order chi connectivity index (χ1) is 8.24. The number of hydrogen-bond acceptors (Lipinski definition) is 5. The number of rotatable bonds is 6. The summed E-state index contributed by atoms with van der Waals surface area (Å²) >= 11 is 0. The third kappa shape index (κ3) is 4.61. The average Bonchev–Trinajstić information content (AvgIpc) is 2.72. The molecular weight excluding hydrogens is 251 g/mol. The molecule has 0 aliphatic carbocycles. The first kappa shape index (κ1) is 14.9. The highest BCUT2D eigenvalue weighted by atomic mass is 19.4. The molecule has 8 heteroatoms. The van der Waals surface area contributed by atoms with Crippen molar-refractivity contribution >= 4 is 0 Å². The van der Waals surface area contributed by atoms with Crippen LogP contribution in [0.5, 0.6) is 0 Å². The van der Waals surface area contributed by atoms with E-state index in [1.54, 1.807) is 0 Å². The standard InChI is InChI=1S/C10H16F3N3O2/c1-9(2,5-14)8-15-7(16-18-8)3-4-17-6-10(11,12)13/h3-6,14H2,1-2H3. The van der Waals surface area contributed by atoms with Crippen molar-refractivity contribution in [1.82, 2.24) is 10.1 Å². The van der Waals surface area contributed by atoms with Crippen LogP contribution in [0.4, 0.5) is 13.2 Å². The second-order valence-corrected chi connectivity index (χ2v) is 4.52. The van der Waals surface area contributed by atoms with E-state index in [-0.39, 0.29) is 13.0 Å². The van der Waals surface area contributed by atoms with Crippen LogP contribution in [0, 0.1) is 0 Å². The summed E-state index contributed by atoms with van der Waals surface area (Å²) in [6.45, 7) is 2.63. The van der Waals surface area contributed by atoms with Crippen molar-refractivity contribution in [1.29, 1.82) is 0 Å². The first-order valence-electron chi connectivity index (χ1n) is 5.42. The monoisotopic (exact) mass is 267 g/mol. The Morgan fingerprint density at radius 3 is 2.56 bits per heavy atom. The molecule has 0 spiro atoms. The van der Waals surface area contributed by atoms with Gasteiger partial charge in [0.2, 0.25) is 5.89 Å². The highest BCUT2D eigenvalue weighted by Gasteiger charge is 2.28. The molecule has 2 N–H and O–H groups in total. The summed E-state index contributed by atoms with van der Waals surface area (Å²) in [5.41, 5.74) is 5.09. The van der Waals surface area contributed by atoms with Crippen LogP contribution in [-0.2, 0) is 16.6 Å². The van der Waals surface area contributed by atoms with Gasteiger partial charge in [-0.3, -0.25) is 0 Å². The van der Waals surface area contributed by atoms with Gasteiger partial charge in [-0.2, -0.15) is 18.2 Å². The lowest BCUT2D eigenvalue weighted by atomic mass is 9.94. The Morgan fingerprint density at radius 2 is 2.00 bits per heavy atom. The SMILES string of the molecule is CC(C)(CN)c1nc(CCOCC(F)(F)F)no1. The first-order valence-corrected chi connectivity index (χ1v) is 5.42. The summed E-state index contributed by atoms with van der Waals surface area (Å²) in [5, 5.41) is 3.66. The number of aromatic nitrogens is 2. The molecule has 0 saturated heterocycles. The molecule has 0 atom stereocenters. The van der Waals surface area contributed by atoms with Crippen LogP contribution in [0.3, 0.4) is 0 Å². The summed E-state index contributed by atoms with van der Waals surface area (Å²) in [4.78, 5) is 4.07. The predicted octanol–water partition coefficient (Wildman–Crippen LogP) is 1.43. The molecule has 0 aliphatic rings. The maximum absolute atomic E-state index is 11.8. The van der Waals surface area contributed by atoms with Crippen molar-refractivity contribution in [2.24, 2.45) is 5.73 Å². The molecule has 104 valence electrons. The van der Waals surface area contributed by atoms with Crippen LogP contribution in [0.2, 0.25) is 0 Å². The normalized spacial score (nSPS) is 13.0. The summed E-state index contributed by atoms with van der Waals surface area (Å²) < 4.78 is 44.8. The van der Waals surface area contributed by atoms with Gasteiger partial charge in [0.25, 0.3) is 0 Å². The van der Waals surface area contributed by atoms with E-state index < -0.39 is 18.2 Å². The number of ether oxygens (including phenoxy) is 1. The lowest BCUT2D eigenvalue weighted by molar-refractivity contribution is -0.173. The molecule has 0 aliphatic heterocycles. The Hall–Kier alpha value is -1.15. The predicted molar refractivity (Wildman–Crippen MR) is 57.0 cm³/mol. The van der Waals surface area contributed by atoms with Gasteiger partial charge < -0.3 is 15.0 Å². The van der Waals surface area contributed by atoms with E-state index >= 15 is 0 Å². The fourth-order valence-electron chi connectivity index (χ4n) is 1.07. The van der Waals surface area contributed by atoms with Crippen molar-refractivity contribution in [3.05, 3.63) is 11.7 Å². The molecule has 0 fully saturated rings. The maximum atomic E-state index is 11.8. The maximum Gasteiger partial charge on any atom is 0.411 e. The Labute approximate surface area is 102 Å². The lowest BCUT2D eigenvalue weighted by Crippen LogP contribution is -2.28. The topological polar surface area (TPSA) is 74.2 Å². The number of halogens is 3. The molecule has 18 heavy (non-hydrogen) atoms. The molecule has 0 bridgehead atoms. The second kappa shape index (κ2) is 5.66. The minimum Gasteiger partial charge on any atom is -0.372 e. The van der Waals surface area contributed by atoms with Crippen molar-refractivity contribution in [3.8, 4) is 0 Å². The molecule has 1 aromatic heterocycles. The zero-order valence-electron chi connectivity index (χ0n) is 10.3. The van der Waals surface area contributed by atoms with Crippen LogP contribution in [0.15, 0.2) is 4.52 Å². The Bertz CT molecular complexity index is 377. The molecule has 0 amide bonds. The molecule has 1 heterocycles. The van der Waals surface area contributed by atoms with Crippen LogP contribution in [0.25, 0.3) is 0 Å². The molecule has 0 aromatic carbocycles. The van der Waals surface area contributed by atoms with Crippen LogP contribution < -0.4 is 5.73 Å². The minimum atomic E-state index is -4.32. The molecule has 5 nitrogen and oxygen atoms in total. The van der Waals surface area contributed by atoms with Crippen molar-refractivity contribution in [2.45, 2.75) is 31.9 Å². The smallest absolute Gasteiger partial charge is 0.372 e. The molecule has 0 unspecified atom stereocenters. The fraction of sp³-hybridized carbons (Fsp3) is 0.800. The minimum absolute atomic E-state index is 0.110. The van der Waals surface area contributed by atoms with Gasteiger partial charge in [-0.05, 0) is 13.8 Å². The quantitative estimate of drug-likeness (QED) is 0.789. The van der Waals surface area contributed by atoms with Crippen LogP contribution in [-0.4, -0.2) is 36.1 Å². The Balaban J connectivity index is 2.41. The van der Waals surface area contributed by atoms with Gasteiger partial charge in [-0.1, -0.05) is 5.16 Å². The molecule has 0 saturated carbocycles. The lowest BCUT2D eigenvalue weighted by Gasteiger charge is -2.15. The number of nitrogens with zero attached hydrogens (tertiary/aromatic N) is 2. The molecule has 1 rings (SSSR count). The van der Waals surface area contributed by atoms with Gasteiger partial charge in [0.15, 0.2) is 5.82 Å². The Kier molecular flexibility index (Phi) is 4.69. The number of nitrogens with two attached hydrogens (primary N) is 1. The van der Waals surface area contributed by atoms with Crippen LogP contribution >= 0.6 is 0 Å².